The number of rotatable bonds is 4. The summed E-state index contributed by atoms with van der Waals surface area (Å²) in [6.07, 6.45) is 0. The van der Waals surface area contributed by atoms with Gasteiger partial charge < -0.3 is 20.5 Å². The van der Waals surface area contributed by atoms with E-state index in [0.29, 0.717) is 6.61 Å². The van der Waals surface area contributed by atoms with Crippen LogP contribution in [0.5, 0.6) is 5.75 Å². The first-order valence-corrected chi connectivity index (χ1v) is 7.63. The number of carbonyl (C=O) groups is 1. The van der Waals surface area contributed by atoms with Gasteiger partial charge in [-0.15, -0.1) is 0 Å². The normalized spacial score (nSPS) is 17.0. The van der Waals surface area contributed by atoms with Gasteiger partial charge in [0, 0.05) is 5.56 Å². The molecule has 2 amide bonds. The van der Waals surface area contributed by atoms with E-state index in [-0.39, 0.29) is 18.7 Å². The van der Waals surface area contributed by atoms with Crippen molar-refractivity contribution in [2.24, 2.45) is 0 Å². The van der Waals surface area contributed by atoms with Crippen molar-refractivity contribution in [1.29, 1.82) is 0 Å². The van der Waals surface area contributed by atoms with Gasteiger partial charge in [-0.3, -0.25) is 0 Å². The summed E-state index contributed by atoms with van der Waals surface area (Å²) in [4.78, 5) is 12.2. The SMILES string of the molecule is Cc1ccc2c(c1)C(NC(=O)NC(CO)c1ccccc1)CO2. The Labute approximate surface area is 135 Å². The summed E-state index contributed by atoms with van der Waals surface area (Å²) in [7, 11) is 0. The van der Waals surface area contributed by atoms with E-state index in [1.54, 1.807) is 0 Å². The molecule has 0 saturated carbocycles. The minimum Gasteiger partial charge on any atom is -0.491 e. The van der Waals surface area contributed by atoms with Gasteiger partial charge in [-0.2, -0.15) is 0 Å². The maximum absolute atomic E-state index is 12.2. The van der Waals surface area contributed by atoms with Crippen LogP contribution in [0.2, 0.25) is 0 Å². The van der Waals surface area contributed by atoms with E-state index >= 15 is 0 Å². The molecule has 1 aliphatic rings. The van der Waals surface area contributed by atoms with E-state index < -0.39 is 6.04 Å². The molecule has 0 fully saturated rings. The van der Waals surface area contributed by atoms with Crippen LogP contribution in [0.4, 0.5) is 4.79 Å². The molecule has 1 heterocycles. The van der Waals surface area contributed by atoms with Crippen molar-refractivity contribution < 1.29 is 14.6 Å². The van der Waals surface area contributed by atoms with Gasteiger partial charge in [0.25, 0.3) is 0 Å². The number of aliphatic hydroxyl groups is 1. The lowest BCUT2D eigenvalue weighted by molar-refractivity contribution is 0.211. The van der Waals surface area contributed by atoms with Crippen molar-refractivity contribution in [1.82, 2.24) is 10.6 Å². The number of fused-ring (bicyclic) bond motifs is 1. The maximum atomic E-state index is 12.2. The van der Waals surface area contributed by atoms with E-state index in [4.69, 9.17) is 4.74 Å². The molecule has 2 unspecified atom stereocenters. The van der Waals surface area contributed by atoms with Gasteiger partial charge in [-0.05, 0) is 18.6 Å². The van der Waals surface area contributed by atoms with E-state index in [2.05, 4.69) is 10.6 Å². The number of ether oxygens (including phenoxy) is 1. The summed E-state index contributed by atoms with van der Waals surface area (Å²) < 4.78 is 5.59. The number of hydrogen-bond acceptors (Lipinski definition) is 3. The van der Waals surface area contributed by atoms with Gasteiger partial charge in [0.05, 0.1) is 18.7 Å². The molecule has 120 valence electrons. The van der Waals surface area contributed by atoms with Gasteiger partial charge in [0.15, 0.2) is 0 Å². The van der Waals surface area contributed by atoms with E-state index in [9.17, 15) is 9.90 Å². The number of urea groups is 1. The fourth-order valence-corrected chi connectivity index (χ4v) is 2.73. The lowest BCUT2D eigenvalue weighted by Crippen LogP contribution is -2.41. The Balaban J connectivity index is 1.65. The summed E-state index contributed by atoms with van der Waals surface area (Å²) in [5, 5.41) is 15.2. The number of benzene rings is 2. The third-order valence-corrected chi connectivity index (χ3v) is 3.94. The molecule has 3 rings (SSSR count). The summed E-state index contributed by atoms with van der Waals surface area (Å²) in [5.74, 6) is 0.808. The Hall–Kier alpha value is -2.53. The number of amides is 2. The van der Waals surface area contributed by atoms with Crippen LogP contribution >= 0.6 is 0 Å². The molecule has 0 radical (unpaired) electrons. The summed E-state index contributed by atoms with van der Waals surface area (Å²) in [6, 6.07) is 14.4. The Morgan fingerprint density at radius 1 is 1.30 bits per heavy atom. The molecule has 0 aromatic heterocycles. The highest BCUT2D eigenvalue weighted by molar-refractivity contribution is 5.75. The zero-order chi connectivity index (χ0) is 16.2. The molecular weight excluding hydrogens is 292 g/mol. The molecule has 2 aromatic rings. The largest absolute Gasteiger partial charge is 0.491 e. The quantitative estimate of drug-likeness (QED) is 0.812. The first-order chi connectivity index (χ1) is 11.2. The smallest absolute Gasteiger partial charge is 0.315 e. The van der Waals surface area contributed by atoms with Crippen molar-refractivity contribution in [3.05, 3.63) is 65.2 Å². The third kappa shape index (κ3) is 3.46. The van der Waals surface area contributed by atoms with Crippen LogP contribution in [0.15, 0.2) is 48.5 Å². The first-order valence-electron chi connectivity index (χ1n) is 7.63. The topological polar surface area (TPSA) is 70.6 Å². The third-order valence-electron chi connectivity index (χ3n) is 3.94. The van der Waals surface area contributed by atoms with Gasteiger partial charge in [0.2, 0.25) is 0 Å². The summed E-state index contributed by atoms with van der Waals surface area (Å²) >= 11 is 0. The zero-order valence-electron chi connectivity index (χ0n) is 13.0. The lowest BCUT2D eigenvalue weighted by atomic mass is 10.1. The van der Waals surface area contributed by atoms with Gasteiger partial charge in [0.1, 0.15) is 12.4 Å². The van der Waals surface area contributed by atoms with Crippen LogP contribution < -0.4 is 15.4 Å². The van der Waals surface area contributed by atoms with Crippen molar-refractivity contribution in [2.45, 2.75) is 19.0 Å². The van der Waals surface area contributed by atoms with E-state index in [1.165, 1.54) is 0 Å². The predicted octanol–water partition coefficient (Wildman–Crippen LogP) is 2.46. The Morgan fingerprint density at radius 3 is 2.83 bits per heavy atom. The van der Waals surface area contributed by atoms with Gasteiger partial charge in [-0.1, -0.05) is 48.0 Å². The molecule has 2 aromatic carbocycles. The molecule has 0 saturated heterocycles. The number of aryl methyl sites for hydroxylation is 1. The number of carbonyl (C=O) groups excluding carboxylic acids is 1. The van der Waals surface area contributed by atoms with Crippen LogP contribution in [0.3, 0.4) is 0 Å². The molecule has 5 heteroatoms. The van der Waals surface area contributed by atoms with Gasteiger partial charge >= 0.3 is 6.03 Å². The molecular formula is C18H20N2O3. The fraction of sp³-hybridized carbons (Fsp3) is 0.278. The minimum absolute atomic E-state index is 0.158. The predicted molar refractivity (Wildman–Crippen MR) is 87.4 cm³/mol. The van der Waals surface area contributed by atoms with Crippen molar-refractivity contribution in [3.63, 3.8) is 0 Å². The first kappa shape index (κ1) is 15.4. The minimum atomic E-state index is -0.435. The number of aliphatic hydroxyl groups excluding tert-OH is 1. The second kappa shape index (κ2) is 6.71. The van der Waals surface area contributed by atoms with Crippen LogP contribution in [0, 0.1) is 6.92 Å². The Kier molecular flexibility index (Phi) is 4.48. The van der Waals surface area contributed by atoms with Crippen LogP contribution in [0.25, 0.3) is 0 Å². The molecule has 5 nitrogen and oxygen atoms in total. The Bertz CT molecular complexity index is 688. The van der Waals surface area contributed by atoms with Crippen molar-refractivity contribution in [2.75, 3.05) is 13.2 Å². The molecule has 0 bridgehead atoms. The standard InChI is InChI=1S/C18H20N2O3/c1-12-7-8-17-14(9-12)16(11-23-17)20-18(22)19-15(10-21)13-5-3-2-4-6-13/h2-9,15-16,21H,10-11H2,1H3,(H2,19,20,22). The zero-order valence-corrected chi connectivity index (χ0v) is 13.0. The van der Waals surface area contributed by atoms with Crippen molar-refractivity contribution in [3.8, 4) is 5.75 Å². The summed E-state index contributed by atoms with van der Waals surface area (Å²) in [6.45, 7) is 2.27. The van der Waals surface area contributed by atoms with Crippen LogP contribution in [0.1, 0.15) is 28.8 Å². The van der Waals surface area contributed by atoms with Crippen molar-refractivity contribution >= 4 is 6.03 Å². The number of hydrogen-bond donors (Lipinski definition) is 3. The second-order valence-corrected chi connectivity index (χ2v) is 5.67. The van der Waals surface area contributed by atoms with Crippen LogP contribution in [-0.4, -0.2) is 24.4 Å². The highest BCUT2D eigenvalue weighted by atomic mass is 16.5. The molecule has 3 N–H and O–H groups in total. The maximum Gasteiger partial charge on any atom is 0.315 e. The van der Waals surface area contributed by atoms with E-state index in [1.807, 2.05) is 55.5 Å². The Morgan fingerprint density at radius 2 is 2.09 bits per heavy atom. The molecule has 23 heavy (non-hydrogen) atoms. The lowest BCUT2D eigenvalue weighted by Gasteiger charge is -2.19. The fourth-order valence-electron chi connectivity index (χ4n) is 2.73. The number of nitrogens with one attached hydrogen (secondary N) is 2. The highest BCUT2D eigenvalue weighted by Crippen LogP contribution is 2.32. The monoisotopic (exact) mass is 312 g/mol. The molecule has 0 aliphatic carbocycles. The highest BCUT2D eigenvalue weighted by Gasteiger charge is 2.26. The molecule has 0 spiro atoms. The average molecular weight is 312 g/mol. The van der Waals surface area contributed by atoms with Crippen LogP contribution in [-0.2, 0) is 0 Å². The average Bonchev–Trinajstić information content (AvgIpc) is 2.95. The molecule has 1 aliphatic heterocycles. The summed E-state index contributed by atoms with van der Waals surface area (Å²) in [5.41, 5.74) is 2.98. The molecule has 2 atom stereocenters. The van der Waals surface area contributed by atoms with E-state index in [0.717, 1.165) is 22.4 Å². The van der Waals surface area contributed by atoms with Gasteiger partial charge in [-0.25, -0.2) is 4.79 Å². The second-order valence-electron chi connectivity index (χ2n) is 5.67.